The van der Waals surface area contributed by atoms with Crippen molar-refractivity contribution in [2.24, 2.45) is 0 Å². The molecule has 23 heavy (non-hydrogen) atoms. The molecule has 0 heterocycles. The number of anilines is 2. The maximum absolute atomic E-state index is 13.0. The average molecular weight is 363 g/mol. The number of nitrogens with one attached hydrogen (secondary N) is 2. The van der Waals surface area contributed by atoms with E-state index in [2.05, 4.69) is 10.6 Å². The van der Waals surface area contributed by atoms with Gasteiger partial charge in [0.25, 0.3) is 0 Å². The van der Waals surface area contributed by atoms with Crippen molar-refractivity contribution in [3.63, 3.8) is 0 Å². The molecule has 0 radical (unpaired) electrons. The van der Waals surface area contributed by atoms with Gasteiger partial charge in [-0.3, -0.25) is 0 Å². The third-order valence-electron chi connectivity index (χ3n) is 2.97. The Labute approximate surface area is 140 Å². The highest BCUT2D eigenvalue weighted by atomic mass is 35.5. The van der Waals surface area contributed by atoms with Gasteiger partial charge in [-0.05, 0) is 61.1 Å². The quantitative estimate of drug-likeness (QED) is 0.536. The van der Waals surface area contributed by atoms with Crippen LogP contribution in [0, 0.1) is 12.7 Å². The minimum Gasteiger partial charge on any atom is -0.332 e. The molecule has 2 N–H and O–H groups in total. The van der Waals surface area contributed by atoms with Crippen LogP contribution in [0.4, 0.5) is 28.9 Å². The van der Waals surface area contributed by atoms with Gasteiger partial charge in [0.05, 0.1) is 11.3 Å². The SMILES string of the molecule is Cc1cc(F)ccc1NC(=S)Nc1ccc(Cl)cc1C(F)(F)F. The molecule has 0 aliphatic heterocycles. The van der Waals surface area contributed by atoms with E-state index in [4.69, 9.17) is 23.8 Å². The lowest BCUT2D eigenvalue weighted by Crippen LogP contribution is -2.22. The number of hydrogen-bond acceptors (Lipinski definition) is 1. The highest BCUT2D eigenvalue weighted by Crippen LogP contribution is 2.36. The topological polar surface area (TPSA) is 24.1 Å². The standard InChI is InChI=1S/C15H11ClF4N2S/c1-8-6-10(17)3-5-12(8)21-14(23)22-13-4-2-9(16)7-11(13)15(18,19)20/h2-7H,1H3,(H2,21,22,23). The van der Waals surface area contributed by atoms with Crippen molar-refractivity contribution < 1.29 is 17.6 Å². The Balaban J connectivity index is 2.21. The van der Waals surface area contributed by atoms with Crippen molar-refractivity contribution in [1.29, 1.82) is 0 Å². The molecular weight excluding hydrogens is 352 g/mol. The zero-order valence-corrected chi connectivity index (χ0v) is 13.3. The summed E-state index contributed by atoms with van der Waals surface area (Å²) in [6, 6.07) is 7.29. The number of rotatable bonds is 2. The number of alkyl halides is 3. The Morgan fingerprint density at radius 1 is 1.04 bits per heavy atom. The summed E-state index contributed by atoms with van der Waals surface area (Å²) in [5, 5.41) is 5.14. The molecule has 2 nitrogen and oxygen atoms in total. The molecule has 0 unspecified atom stereocenters. The smallest absolute Gasteiger partial charge is 0.332 e. The van der Waals surface area contributed by atoms with Gasteiger partial charge in [-0.2, -0.15) is 13.2 Å². The minimum atomic E-state index is -4.57. The molecule has 2 aromatic rings. The van der Waals surface area contributed by atoms with E-state index < -0.39 is 17.6 Å². The summed E-state index contributed by atoms with van der Waals surface area (Å²) in [5.41, 5.74) is -0.0862. The third-order valence-corrected chi connectivity index (χ3v) is 3.41. The summed E-state index contributed by atoms with van der Waals surface area (Å²) in [6.07, 6.45) is -4.57. The Morgan fingerprint density at radius 2 is 1.65 bits per heavy atom. The van der Waals surface area contributed by atoms with Crippen LogP contribution in [0.1, 0.15) is 11.1 Å². The molecule has 2 aromatic carbocycles. The fourth-order valence-electron chi connectivity index (χ4n) is 1.90. The molecule has 2 rings (SSSR count). The zero-order valence-electron chi connectivity index (χ0n) is 11.8. The summed E-state index contributed by atoms with van der Waals surface area (Å²) in [7, 11) is 0. The lowest BCUT2D eigenvalue weighted by molar-refractivity contribution is -0.136. The molecule has 8 heteroatoms. The summed E-state index contributed by atoms with van der Waals surface area (Å²) in [5.74, 6) is -0.413. The van der Waals surface area contributed by atoms with Crippen molar-refractivity contribution in [1.82, 2.24) is 0 Å². The van der Waals surface area contributed by atoms with Gasteiger partial charge in [0.1, 0.15) is 5.82 Å². The highest BCUT2D eigenvalue weighted by Gasteiger charge is 2.34. The Bertz CT molecular complexity index is 747. The highest BCUT2D eigenvalue weighted by molar-refractivity contribution is 7.80. The van der Waals surface area contributed by atoms with E-state index in [-0.39, 0.29) is 15.8 Å². The second-order valence-corrected chi connectivity index (χ2v) is 5.57. The van der Waals surface area contributed by atoms with Gasteiger partial charge in [0.2, 0.25) is 0 Å². The van der Waals surface area contributed by atoms with E-state index in [1.807, 2.05) is 0 Å². The molecule has 0 aromatic heterocycles. The zero-order chi connectivity index (χ0) is 17.2. The maximum atomic E-state index is 13.0. The normalized spacial score (nSPS) is 11.2. The first-order valence-electron chi connectivity index (χ1n) is 6.38. The van der Waals surface area contributed by atoms with E-state index in [0.29, 0.717) is 11.3 Å². The van der Waals surface area contributed by atoms with Crippen LogP contribution in [-0.4, -0.2) is 5.11 Å². The number of hydrogen-bond donors (Lipinski definition) is 2. The first-order valence-corrected chi connectivity index (χ1v) is 7.16. The van der Waals surface area contributed by atoms with Gasteiger partial charge in [-0.1, -0.05) is 11.6 Å². The Hall–Kier alpha value is -1.86. The van der Waals surface area contributed by atoms with E-state index in [1.54, 1.807) is 6.92 Å². The lowest BCUT2D eigenvalue weighted by atomic mass is 10.1. The van der Waals surface area contributed by atoms with Crippen LogP contribution in [0.5, 0.6) is 0 Å². The first kappa shape index (κ1) is 17.5. The molecule has 0 aliphatic carbocycles. The van der Waals surface area contributed by atoms with E-state index >= 15 is 0 Å². The van der Waals surface area contributed by atoms with Crippen molar-refractivity contribution >= 4 is 40.3 Å². The molecule has 0 fully saturated rings. The second-order valence-electron chi connectivity index (χ2n) is 4.73. The first-order chi connectivity index (χ1) is 10.7. The van der Waals surface area contributed by atoms with Gasteiger partial charge in [0, 0.05) is 10.7 Å². The van der Waals surface area contributed by atoms with Crippen LogP contribution < -0.4 is 10.6 Å². The molecule has 0 saturated heterocycles. The summed E-state index contributed by atoms with van der Waals surface area (Å²) in [6.45, 7) is 1.65. The largest absolute Gasteiger partial charge is 0.418 e. The van der Waals surface area contributed by atoms with Gasteiger partial charge in [0.15, 0.2) is 5.11 Å². The van der Waals surface area contributed by atoms with E-state index in [9.17, 15) is 17.6 Å². The van der Waals surface area contributed by atoms with Crippen LogP contribution in [-0.2, 0) is 6.18 Å². The minimum absolute atomic E-state index is 0.0314. The Morgan fingerprint density at radius 3 is 2.26 bits per heavy atom. The molecule has 0 bridgehead atoms. The van der Waals surface area contributed by atoms with Gasteiger partial charge >= 0.3 is 6.18 Å². The van der Waals surface area contributed by atoms with Crippen molar-refractivity contribution in [3.05, 3.63) is 58.4 Å². The number of halogens is 5. The predicted molar refractivity (Wildman–Crippen MR) is 87.4 cm³/mol. The molecule has 0 aliphatic rings. The van der Waals surface area contributed by atoms with E-state index in [0.717, 1.165) is 6.07 Å². The lowest BCUT2D eigenvalue weighted by Gasteiger charge is -2.17. The summed E-state index contributed by atoms with van der Waals surface area (Å²) >= 11 is 10.6. The van der Waals surface area contributed by atoms with Gasteiger partial charge in [-0.15, -0.1) is 0 Å². The Kier molecular flexibility index (Phi) is 5.11. The summed E-state index contributed by atoms with van der Waals surface area (Å²) in [4.78, 5) is 0. The molecule has 0 spiro atoms. The van der Waals surface area contributed by atoms with Crippen molar-refractivity contribution in [2.45, 2.75) is 13.1 Å². The monoisotopic (exact) mass is 362 g/mol. The molecule has 122 valence electrons. The van der Waals surface area contributed by atoms with E-state index in [1.165, 1.54) is 30.3 Å². The van der Waals surface area contributed by atoms with Crippen molar-refractivity contribution in [3.8, 4) is 0 Å². The molecule has 0 amide bonds. The third kappa shape index (κ3) is 4.56. The van der Waals surface area contributed by atoms with Crippen LogP contribution in [0.3, 0.4) is 0 Å². The predicted octanol–water partition coefficient (Wildman–Crippen LogP) is 5.62. The number of thiocarbonyl (C=S) groups is 1. The van der Waals surface area contributed by atoms with Crippen LogP contribution >= 0.6 is 23.8 Å². The molecule has 0 atom stereocenters. The summed E-state index contributed by atoms with van der Waals surface area (Å²) < 4.78 is 52.1. The molecule has 0 saturated carbocycles. The van der Waals surface area contributed by atoms with Crippen LogP contribution in [0.2, 0.25) is 5.02 Å². The van der Waals surface area contributed by atoms with Crippen molar-refractivity contribution in [2.75, 3.05) is 10.6 Å². The second kappa shape index (κ2) is 6.72. The fraction of sp³-hybridized carbons (Fsp3) is 0.133. The fourth-order valence-corrected chi connectivity index (χ4v) is 2.30. The maximum Gasteiger partial charge on any atom is 0.418 e. The van der Waals surface area contributed by atoms with Crippen LogP contribution in [0.25, 0.3) is 0 Å². The van der Waals surface area contributed by atoms with Gasteiger partial charge in [-0.25, -0.2) is 4.39 Å². The number of benzene rings is 2. The van der Waals surface area contributed by atoms with Gasteiger partial charge < -0.3 is 10.6 Å². The van der Waals surface area contributed by atoms with Crippen LogP contribution in [0.15, 0.2) is 36.4 Å². The average Bonchev–Trinajstić information content (AvgIpc) is 2.43. The number of aryl methyl sites for hydroxylation is 1. The molecular formula is C15H11ClF4N2S.